The Balaban J connectivity index is 4.13. The lowest BCUT2D eigenvalue weighted by molar-refractivity contribution is 0.0998. The van der Waals surface area contributed by atoms with E-state index >= 15 is 0 Å². The minimum absolute atomic E-state index is 0.00402. The Morgan fingerprint density at radius 2 is 1.85 bits per heavy atom. The minimum Gasteiger partial charge on any atom is -0.377 e. The van der Waals surface area contributed by atoms with Crippen LogP contribution < -0.4 is 11.5 Å². The molecule has 80 valence electrons. The molecule has 0 radical (unpaired) electrons. The predicted molar refractivity (Wildman–Crippen MR) is 53.2 cm³/mol. The van der Waals surface area contributed by atoms with E-state index in [0.717, 1.165) is 0 Å². The van der Waals surface area contributed by atoms with Gasteiger partial charge in [-0.25, -0.2) is 0 Å². The lowest BCUT2D eigenvalue weighted by Gasteiger charge is -2.27. The summed E-state index contributed by atoms with van der Waals surface area (Å²) in [7, 11) is 0.623. The van der Waals surface area contributed by atoms with E-state index in [2.05, 4.69) is 0 Å². The van der Waals surface area contributed by atoms with Crippen LogP contribution in [0, 0.1) is 0 Å². The molecule has 6 heteroatoms. The number of hydrogen-bond acceptors (Lipinski definition) is 5. The molecule has 0 rings (SSSR count). The van der Waals surface area contributed by atoms with Crippen LogP contribution in [0.3, 0.4) is 0 Å². The van der Waals surface area contributed by atoms with Gasteiger partial charge in [0.1, 0.15) is 0 Å². The van der Waals surface area contributed by atoms with Crippen molar-refractivity contribution in [2.45, 2.75) is 19.0 Å². The molecular formula is C7H20N2O3Si. The van der Waals surface area contributed by atoms with Crippen LogP contribution in [0.1, 0.15) is 6.92 Å². The van der Waals surface area contributed by atoms with Gasteiger partial charge < -0.3 is 24.7 Å². The van der Waals surface area contributed by atoms with Crippen molar-refractivity contribution in [2.75, 3.05) is 27.4 Å². The summed E-state index contributed by atoms with van der Waals surface area (Å²) in [4.78, 5) is 0. The Kier molecular flexibility index (Phi) is 6.48. The first-order chi connectivity index (χ1) is 6.10. The Hall–Kier alpha value is 0.0169. The zero-order valence-corrected chi connectivity index (χ0v) is 9.58. The molecule has 0 saturated heterocycles. The van der Waals surface area contributed by atoms with Crippen molar-refractivity contribution in [2.24, 2.45) is 11.5 Å². The summed E-state index contributed by atoms with van der Waals surface area (Å²) in [5.41, 5.74) is 11.0. The molecule has 0 saturated carbocycles. The van der Waals surface area contributed by atoms with Gasteiger partial charge in [0, 0.05) is 32.9 Å². The van der Waals surface area contributed by atoms with Gasteiger partial charge in [-0.15, -0.1) is 0 Å². The molecule has 1 atom stereocenters. The first-order valence-corrected chi connectivity index (χ1v) is 6.23. The normalized spacial score (nSPS) is 14.5. The lowest BCUT2D eigenvalue weighted by Crippen LogP contribution is -2.48. The summed E-state index contributed by atoms with van der Waals surface area (Å²) in [6, 6.07) is 0.615. The maximum atomic E-state index is 5.66. The summed E-state index contributed by atoms with van der Waals surface area (Å²) in [6.45, 7) is 2.80. The molecule has 0 fully saturated rings. The van der Waals surface area contributed by atoms with Crippen LogP contribution in [-0.4, -0.2) is 42.2 Å². The third kappa shape index (κ3) is 4.70. The first kappa shape index (κ1) is 13.0. The highest BCUT2D eigenvalue weighted by Gasteiger charge is 2.39. The first-order valence-electron chi connectivity index (χ1n) is 4.30. The van der Waals surface area contributed by atoms with E-state index in [9.17, 15) is 0 Å². The van der Waals surface area contributed by atoms with E-state index < -0.39 is 8.80 Å². The van der Waals surface area contributed by atoms with Crippen molar-refractivity contribution in [1.29, 1.82) is 0 Å². The summed E-state index contributed by atoms with van der Waals surface area (Å²) in [6.07, 6.45) is 0. The molecule has 0 aliphatic rings. The highest BCUT2D eigenvalue weighted by molar-refractivity contribution is 6.60. The van der Waals surface area contributed by atoms with E-state index in [-0.39, 0.29) is 6.04 Å². The highest BCUT2D eigenvalue weighted by Crippen LogP contribution is 2.14. The standard InChI is InChI=1S/C7H20N2O3Si/c1-7(9)6-13(10-2,11-3)12-5-4-8/h7H,4-6,8-9H2,1-3H3. The van der Waals surface area contributed by atoms with Gasteiger partial charge >= 0.3 is 8.80 Å². The molecule has 5 nitrogen and oxygen atoms in total. The second-order valence-electron chi connectivity index (χ2n) is 2.91. The minimum atomic E-state index is -2.53. The monoisotopic (exact) mass is 208 g/mol. The third-order valence-electron chi connectivity index (χ3n) is 1.63. The van der Waals surface area contributed by atoms with Crippen LogP contribution in [0.5, 0.6) is 0 Å². The molecule has 13 heavy (non-hydrogen) atoms. The van der Waals surface area contributed by atoms with E-state index in [4.69, 9.17) is 24.7 Å². The summed E-state index contributed by atoms with van der Waals surface area (Å²) >= 11 is 0. The Morgan fingerprint density at radius 3 is 2.15 bits per heavy atom. The molecule has 0 aliphatic carbocycles. The zero-order valence-electron chi connectivity index (χ0n) is 8.58. The maximum Gasteiger partial charge on any atom is 0.502 e. The molecule has 0 aromatic carbocycles. The number of rotatable bonds is 7. The molecule has 0 heterocycles. The molecule has 0 spiro atoms. The van der Waals surface area contributed by atoms with E-state index in [1.165, 1.54) is 0 Å². The van der Waals surface area contributed by atoms with E-state index in [0.29, 0.717) is 19.2 Å². The van der Waals surface area contributed by atoms with Crippen molar-refractivity contribution in [3.05, 3.63) is 0 Å². The van der Waals surface area contributed by atoms with Crippen molar-refractivity contribution >= 4 is 8.80 Å². The van der Waals surface area contributed by atoms with Gasteiger partial charge in [-0.2, -0.15) is 0 Å². The average molecular weight is 208 g/mol. The van der Waals surface area contributed by atoms with Crippen LogP contribution in [0.2, 0.25) is 6.04 Å². The summed E-state index contributed by atoms with van der Waals surface area (Å²) < 4.78 is 16.0. The topological polar surface area (TPSA) is 79.7 Å². The molecule has 0 aliphatic heterocycles. The van der Waals surface area contributed by atoms with E-state index in [1.54, 1.807) is 14.2 Å². The molecule has 1 unspecified atom stereocenters. The second kappa shape index (κ2) is 6.47. The van der Waals surface area contributed by atoms with Gasteiger partial charge in [0.15, 0.2) is 0 Å². The number of nitrogens with two attached hydrogens (primary N) is 2. The molecular weight excluding hydrogens is 188 g/mol. The fourth-order valence-corrected chi connectivity index (χ4v) is 3.11. The van der Waals surface area contributed by atoms with Gasteiger partial charge in [0.05, 0.1) is 6.61 Å². The SMILES string of the molecule is CO[Si](CC(C)N)(OC)OCCN. The van der Waals surface area contributed by atoms with Crippen LogP contribution in [0.4, 0.5) is 0 Å². The van der Waals surface area contributed by atoms with Gasteiger partial charge in [-0.1, -0.05) is 0 Å². The van der Waals surface area contributed by atoms with Gasteiger partial charge in [0.2, 0.25) is 0 Å². The quantitative estimate of drug-likeness (QED) is 0.553. The Morgan fingerprint density at radius 1 is 1.31 bits per heavy atom. The smallest absolute Gasteiger partial charge is 0.377 e. The Labute approximate surface area is 80.7 Å². The van der Waals surface area contributed by atoms with Crippen molar-refractivity contribution in [3.8, 4) is 0 Å². The fourth-order valence-electron chi connectivity index (χ4n) is 1.04. The van der Waals surface area contributed by atoms with Crippen molar-refractivity contribution in [3.63, 3.8) is 0 Å². The van der Waals surface area contributed by atoms with E-state index in [1.807, 2.05) is 6.92 Å². The van der Waals surface area contributed by atoms with Crippen LogP contribution in [0.15, 0.2) is 0 Å². The molecule has 4 N–H and O–H groups in total. The molecule has 0 aromatic rings. The fraction of sp³-hybridized carbons (Fsp3) is 1.00. The summed E-state index contributed by atoms with van der Waals surface area (Å²) in [5, 5.41) is 0. The average Bonchev–Trinajstić information content (AvgIpc) is 2.12. The number of hydrogen-bond donors (Lipinski definition) is 2. The van der Waals surface area contributed by atoms with Gasteiger partial charge in [-0.3, -0.25) is 0 Å². The Bertz CT molecular complexity index is 131. The molecule has 0 bridgehead atoms. The van der Waals surface area contributed by atoms with Gasteiger partial charge in [0.25, 0.3) is 0 Å². The van der Waals surface area contributed by atoms with Crippen LogP contribution in [-0.2, 0) is 13.3 Å². The maximum absolute atomic E-state index is 5.66. The molecule has 0 aromatic heterocycles. The summed E-state index contributed by atoms with van der Waals surface area (Å²) in [5.74, 6) is 0. The third-order valence-corrected chi connectivity index (χ3v) is 4.67. The van der Waals surface area contributed by atoms with Crippen LogP contribution in [0.25, 0.3) is 0 Å². The zero-order chi connectivity index (χ0) is 10.3. The predicted octanol–water partition coefficient (Wildman–Crippen LogP) is -0.459. The largest absolute Gasteiger partial charge is 0.502 e. The second-order valence-corrected chi connectivity index (χ2v) is 5.79. The highest BCUT2D eigenvalue weighted by atomic mass is 28.4. The lowest BCUT2D eigenvalue weighted by atomic mass is 10.4. The van der Waals surface area contributed by atoms with Crippen molar-refractivity contribution in [1.82, 2.24) is 0 Å². The molecule has 0 amide bonds. The van der Waals surface area contributed by atoms with Gasteiger partial charge in [-0.05, 0) is 6.92 Å². The van der Waals surface area contributed by atoms with Crippen LogP contribution >= 0.6 is 0 Å². The van der Waals surface area contributed by atoms with Crippen molar-refractivity contribution < 1.29 is 13.3 Å².